The van der Waals surface area contributed by atoms with Crippen LogP contribution in [0.5, 0.6) is 0 Å². The highest BCUT2D eigenvalue weighted by Crippen LogP contribution is 2.21. The number of hydrazine groups is 1. The van der Waals surface area contributed by atoms with Crippen LogP contribution in [0.4, 0.5) is 11.8 Å². The molecule has 3 aromatic rings. The van der Waals surface area contributed by atoms with E-state index in [1.54, 1.807) is 6.92 Å². The number of hydrogen-bond acceptors (Lipinski definition) is 8. The van der Waals surface area contributed by atoms with E-state index in [4.69, 9.17) is 10.4 Å². The lowest BCUT2D eigenvalue weighted by Crippen LogP contribution is -2.13. The van der Waals surface area contributed by atoms with Crippen molar-refractivity contribution in [3.05, 3.63) is 36.0 Å². The SMILES string of the molecule is Cc1noc(CCNc2nc(NN)nc3ccccc23)n1. The van der Waals surface area contributed by atoms with Crippen LogP contribution in [0, 0.1) is 6.92 Å². The topological polar surface area (TPSA) is 115 Å². The van der Waals surface area contributed by atoms with E-state index in [1.165, 1.54) is 0 Å². The molecule has 21 heavy (non-hydrogen) atoms. The van der Waals surface area contributed by atoms with Crippen LogP contribution in [0.2, 0.25) is 0 Å². The van der Waals surface area contributed by atoms with Crippen LogP contribution < -0.4 is 16.6 Å². The summed E-state index contributed by atoms with van der Waals surface area (Å²) in [7, 11) is 0. The summed E-state index contributed by atoms with van der Waals surface area (Å²) >= 11 is 0. The predicted octanol–water partition coefficient (Wildman–Crippen LogP) is 1.26. The summed E-state index contributed by atoms with van der Waals surface area (Å²) in [6, 6.07) is 7.72. The maximum atomic E-state index is 5.40. The van der Waals surface area contributed by atoms with Gasteiger partial charge in [0.15, 0.2) is 5.82 Å². The minimum atomic E-state index is 0.366. The molecule has 0 radical (unpaired) electrons. The van der Waals surface area contributed by atoms with E-state index in [2.05, 4.69) is 30.9 Å². The summed E-state index contributed by atoms with van der Waals surface area (Å²) in [4.78, 5) is 12.8. The Kier molecular flexibility index (Phi) is 3.61. The van der Waals surface area contributed by atoms with Crippen LogP contribution in [0.3, 0.4) is 0 Å². The standard InChI is InChI=1S/C13H15N7O/c1-8-16-11(21-20-8)6-7-15-12-9-4-2-3-5-10(9)17-13(18-12)19-14/h2-5H,6-7,14H2,1H3,(H2,15,17,18,19). The molecule has 1 aromatic carbocycles. The van der Waals surface area contributed by atoms with Gasteiger partial charge in [0.1, 0.15) is 5.82 Å². The molecule has 2 heterocycles. The van der Waals surface area contributed by atoms with Crippen molar-refractivity contribution < 1.29 is 4.52 Å². The van der Waals surface area contributed by atoms with Gasteiger partial charge in [0.2, 0.25) is 11.8 Å². The number of hydrogen-bond donors (Lipinski definition) is 3. The predicted molar refractivity (Wildman–Crippen MR) is 78.6 cm³/mol. The summed E-state index contributed by atoms with van der Waals surface area (Å²) in [5, 5.41) is 7.93. The monoisotopic (exact) mass is 285 g/mol. The summed E-state index contributed by atoms with van der Waals surface area (Å²) in [6.07, 6.45) is 0.616. The van der Waals surface area contributed by atoms with Crippen molar-refractivity contribution >= 4 is 22.7 Å². The van der Waals surface area contributed by atoms with Crippen LogP contribution >= 0.6 is 0 Å². The maximum Gasteiger partial charge on any atom is 0.239 e. The van der Waals surface area contributed by atoms with Gasteiger partial charge in [-0.15, -0.1) is 0 Å². The fourth-order valence-electron chi connectivity index (χ4n) is 2.01. The lowest BCUT2D eigenvalue weighted by atomic mass is 10.2. The smallest absolute Gasteiger partial charge is 0.239 e. The highest BCUT2D eigenvalue weighted by molar-refractivity contribution is 5.89. The molecule has 108 valence electrons. The van der Waals surface area contributed by atoms with Crippen LogP contribution in [0.15, 0.2) is 28.8 Å². The third-order valence-corrected chi connectivity index (χ3v) is 2.93. The molecule has 0 saturated carbocycles. The van der Waals surface area contributed by atoms with Gasteiger partial charge < -0.3 is 9.84 Å². The molecular weight excluding hydrogens is 270 g/mol. The Morgan fingerprint density at radius 1 is 1.19 bits per heavy atom. The number of anilines is 2. The van der Waals surface area contributed by atoms with Crippen molar-refractivity contribution in [2.24, 2.45) is 5.84 Å². The highest BCUT2D eigenvalue weighted by Gasteiger charge is 2.07. The van der Waals surface area contributed by atoms with Crippen molar-refractivity contribution in [3.63, 3.8) is 0 Å². The minimum Gasteiger partial charge on any atom is -0.369 e. The molecule has 0 spiro atoms. The van der Waals surface area contributed by atoms with Crippen molar-refractivity contribution in [2.45, 2.75) is 13.3 Å². The first-order chi connectivity index (χ1) is 10.3. The van der Waals surface area contributed by atoms with Crippen LogP contribution in [-0.4, -0.2) is 26.7 Å². The van der Waals surface area contributed by atoms with E-state index in [-0.39, 0.29) is 0 Å². The number of nitrogens with zero attached hydrogens (tertiary/aromatic N) is 4. The molecule has 8 heteroatoms. The van der Waals surface area contributed by atoms with Gasteiger partial charge >= 0.3 is 0 Å². The van der Waals surface area contributed by atoms with Gasteiger partial charge in [-0.1, -0.05) is 17.3 Å². The molecule has 0 amide bonds. The van der Waals surface area contributed by atoms with Gasteiger partial charge in [-0.05, 0) is 19.1 Å². The lowest BCUT2D eigenvalue weighted by molar-refractivity contribution is 0.377. The van der Waals surface area contributed by atoms with Crippen LogP contribution in [0.25, 0.3) is 10.9 Å². The first kappa shape index (κ1) is 13.3. The number of aryl methyl sites for hydroxylation is 1. The number of aromatic nitrogens is 4. The van der Waals surface area contributed by atoms with Gasteiger partial charge in [-0.2, -0.15) is 9.97 Å². The largest absolute Gasteiger partial charge is 0.369 e. The number of nitrogens with one attached hydrogen (secondary N) is 2. The summed E-state index contributed by atoms with van der Waals surface area (Å²) < 4.78 is 5.07. The molecule has 4 N–H and O–H groups in total. The second-order valence-corrected chi connectivity index (χ2v) is 4.47. The second kappa shape index (κ2) is 5.71. The Labute approximate surface area is 120 Å². The Bertz CT molecular complexity index is 755. The van der Waals surface area contributed by atoms with Crippen molar-refractivity contribution in [1.82, 2.24) is 20.1 Å². The fourth-order valence-corrected chi connectivity index (χ4v) is 2.01. The minimum absolute atomic E-state index is 0.366. The molecule has 2 aromatic heterocycles. The molecule has 0 saturated heterocycles. The molecule has 0 bridgehead atoms. The summed E-state index contributed by atoms with van der Waals surface area (Å²) in [6.45, 7) is 2.41. The average Bonchev–Trinajstić information content (AvgIpc) is 2.92. The van der Waals surface area contributed by atoms with Gasteiger partial charge in [0, 0.05) is 18.4 Å². The third-order valence-electron chi connectivity index (χ3n) is 2.93. The second-order valence-electron chi connectivity index (χ2n) is 4.47. The Balaban J connectivity index is 1.79. The van der Waals surface area contributed by atoms with Gasteiger partial charge in [-0.25, -0.2) is 10.8 Å². The molecule has 0 fully saturated rings. The number of benzene rings is 1. The average molecular weight is 285 g/mol. The molecule has 0 aliphatic rings. The molecule has 0 aliphatic carbocycles. The third kappa shape index (κ3) is 2.90. The molecule has 0 unspecified atom stereocenters. The van der Waals surface area contributed by atoms with E-state index in [1.807, 2.05) is 24.3 Å². The quantitative estimate of drug-likeness (QED) is 0.474. The molecule has 3 rings (SSSR count). The van der Waals surface area contributed by atoms with Crippen molar-refractivity contribution in [3.8, 4) is 0 Å². The zero-order valence-electron chi connectivity index (χ0n) is 11.5. The normalized spacial score (nSPS) is 10.8. The molecule has 0 atom stereocenters. The number of nitrogen functional groups attached to an aromatic ring is 1. The van der Waals surface area contributed by atoms with Gasteiger partial charge in [-0.3, -0.25) is 5.43 Å². The zero-order valence-corrected chi connectivity index (χ0v) is 11.5. The Hall–Kier alpha value is -2.74. The fraction of sp³-hybridized carbons (Fsp3) is 0.231. The Morgan fingerprint density at radius 2 is 2.05 bits per heavy atom. The molecule has 0 aliphatic heterocycles. The number of para-hydroxylation sites is 1. The van der Waals surface area contributed by atoms with Gasteiger partial charge in [0.05, 0.1) is 5.52 Å². The number of rotatable bonds is 5. The number of fused-ring (bicyclic) bond motifs is 1. The number of nitrogens with two attached hydrogens (primary N) is 1. The lowest BCUT2D eigenvalue weighted by Gasteiger charge is -2.09. The summed E-state index contributed by atoms with van der Waals surface area (Å²) in [5.74, 6) is 7.70. The highest BCUT2D eigenvalue weighted by atomic mass is 16.5. The van der Waals surface area contributed by atoms with E-state index >= 15 is 0 Å². The molecule has 8 nitrogen and oxygen atoms in total. The van der Waals surface area contributed by atoms with Crippen LogP contribution in [-0.2, 0) is 6.42 Å². The van der Waals surface area contributed by atoms with Crippen LogP contribution in [0.1, 0.15) is 11.7 Å². The van der Waals surface area contributed by atoms with Crippen molar-refractivity contribution in [1.29, 1.82) is 0 Å². The first-order valence-corrected chi connectivity index (χ1v) is 6.53. The summed E-state index contributed by atoms with van der Waals surface area (Å²) in [5.41, 5.74) is 3.28. The molecular formula is C13H15N7O. The first-order valence-electron chi connectivity index (χ1n) is 6.53. The van der Waals surface area contributed by atoms with E-state index in [0.29, 0.717) is 36.4 Å². The van der Waals surface area contributed by atoms with E-state index < -0.39 is 0 Å². The Morgan fingerprint density at radius 3 is 2.81 bits per heavy atom. The van der Waals surface area contributed by atoms with E-state index in [9.17, 15) is 0 Å². The zero-order chi connectivity index (χ0) is 14.7. The van der Waals surface area contributed by atoms with Crippen molar-refractivity contribution in [2.75, 3.05) is 17.3 Å². The van der Waals surface area contributed by atoms with E-state index in [0.717, 1.165) is 10.9 Å². The van der Waals surface area contributed by atoms with Gasteiger partial charge in [0.25, 0.3) is 0 Å². The maximum absolute atomic E-state index is 5.40.